The molecule has 2 rings (SSSR count). The number of urea groups is 1. The van der Waals surface area contributed by atoms with Crippen LogP contribution < -0.4 is 15.4 Å². The van der Waals surface area contributed by atoms with Gasteiger partial charge in [-0.15, -0.1) is 0 Å². The number of anilines is 1. The first-order valence-electron chi connectivity index (χ1n) is 7.81. The highest BCUT2D eigenvalue weighted by Crippen LogP contribution is 2.15. The zero-order chi connectivity index (χ0) is 17.5. The number of hydrogen-bond acceptors (Lipinski definition) is 3. The smallest absolute Gasteiger partial charge is 0.319 e. The predicted molar refractivity (Wildman–Crippen MR) is 94.9 cm³/mol. The Morgan fingerprint density at radius 1 is 1.00 bits per heavy atom. The van der Waals surface area contributed by atoms with Gasteiger partial charge >= 0.3 is 6.03 Å². The van der Waals surface area contributed by atoms with Gasteiger partial charge in [-0.05, 0) is 68.3 Å². The molecule has 0 aliphatic carbocycles. The Morgan fingerprint density at radius 2 is 1.62 bits per heavy atom. The molecule has 0 atom stereocenters. The molecule has 0 aliphatic rings. The molecule has 2 aromatic rings. The van der Waals surface area contributed by atoms with E-state index in [1.807, 2.05) is 26.0 Å². The quantitative estimate of drug-likeness (QED) is 0.628. The van der Waals surface area contributed by atoms with Crippen molar-refractivity contribution in [2.45, 2.75) is 20.8 Å². The lowest BCUT2D eigenvalue weighted by Crippen LogP contribution is -2.32. The molecule has 126 valence electrons. The summed E-state index contributed by atoms with van der Waals surface area (Å²) in [5.41, 5.74) is 3.53. The first-order valence-corrected chi connectivity index (χ1v) is 7.81. The van der Waals surface area contributed by atoms with E-state index in [4.69, 9.17) is 4.74 Å². The van der Waals surface area contributed by atoms with Gasteiger partial charge in [-0.2, -0.15) is 0 Å². The minimum absolute atomic E-state index is 0.00506. The number of nitrogens with one attached hydrogen (secondary N) is 2. The highest BCUT2D eigenvalue weighted by molar-refractivity contribution is 5.95. The number of ketones is 1. The van der Waals surface area contributed by atoms with E-state index in [1.54, 1.807) is 24.3 Å². The van der Waals surface area contributed by atoms with Crippen molar-refractivity contribution in [2.24, 2.45) is 0 Å². The van der Waals surface area contributed by atoms with Gasteiger partial charge in [0.15, 0.2) is 5.78 Å². The highest BCUT2D eigenvalue weighted by Gasteiger charge is 2.03. The summed E-state index contributed by atoms with van der Waals surface area (Å²) in [5.74, 6) is 0.795. The molecule has 2 N–H and O–H groups in total. The summed E-state index contributed by atoms with van der Waals surface area (Å²) in [7, 11) is 0. The van der Waals surface area contributed by atoms with E-state index in [9.17, 15) is 9.59 Å². The van der Waals surface area contributed by atoms with Crippen LogP contribution in [0.1, 0.15) is 28.4 Å². The average Bonchev–Trinajstić information content (AvgIpc) is 2.51. The summed E-state index contributed by atoms with van der Waals surface area (Å²) in [6, 6.07) is 12.4. The highest BCUT2D eigenvalue weighted by atomic mass is 16.5. The Labute approximate surface area is 142 Å². The molecule has 0 aliphatic heterocycles. The molecule has 5 heteroatoms. The van der Waals surface area contributed by atoms with E-state index in [-0.39, 0.29) is 11.8 Å². The van der Waals surface area contributed by atoms with Crippen LogP contribution in [0.4, 0.5) is 10.5 Å². The molecule has 2 aromatic carbocycles. The number of carbonyl (C=O) groups excluding carboxylic acids is 2. The Bertz CT molecular complexity index is 704. The van der Waals surface area contributed by atoms with Gasteiger partial charge < -0.3 is 15.4 Å². The molecule has 24 heavy (non-hydrogen) atoms. The van der Waals surface area contributed by atoms with Crippen LogP contribution in [0.3, 0.4) is 0 Å². The maximum Gasteiger partial charge on any atom is 0.319 e. The SMILES string of the molecule is CC(=O)c1ccc(NC(=O)NCCOc2cc(C)cc(C)c2)cc1. The van der Waals surface area contributed by atoms with E-state index in [2.05, 4.69) is 16.7 Å². The van der Waals surface area contributed by atoms with Crippen molar-refractivity contribution in [1.29, 1.82) is 0 Å². The Kier molecular flexibility index (Phi) is 5.95. The third-order valence-electron chi connectivity index (χ3n) is 3.40. The van der Waals surface area contributed by atoms with Crippen molar-refractivity contribution in [3.63, 3.8) is 0 Å². The van der Waals surface area contributed by atoms with Gasteiger partial charge in [0.25, 0.3) is 0 Å². The van der Waals surface area contributed by atoms with E-state index in [0.717, 1.165) is 16.9 Å². The first-order chi connectivity index (χ1) is 11.4. The van der Waals surface area contributed by atoms with Gasteiger partial charge in [0, 0.05) is 11.3 Å². The number of hydrogen-bond donors (Lipinski definition) is 2. The third kappa shape index (κ3) is 5.43. The number of carbonyl (C=O) groups is 2. The van der Waals surface area contributed by atoms with Gasteiger partial charge in [0.05, 0.1) is 6.54 Å². The van der Waals surface area contributed by atoms with Crippen LogP contribution in [0.15, 0.2) is 42.5 Å². The zero-order valence-corrected chi connectivity index (χ0v) is 14.2. The summed E-state index contributed by atoms with van der Waals surface area (Å²) in [6.07, 6.45) is 0. The topological polar surface area (TPSA) is 67.4 Å². The molecule has 0 spiro atoms. The maximum absolute atomic E-state index is 11.8. The van der Waals surface area contributed by atoms with Crippen molar-refractivity contribution in [2.75, 3.05) is 18.5 Å². The van der Waals surface area contributed by atoms with Crippen molar-refractivity contribution in [3.05, 3.63) is 59.2 Å². The van der Waals surface area contributed by atoms with Crippen molar-refractivity contribution in [1.82, 2.24) is 5.32 Å². The molecule has 0 fully saturated rings. The molecule has 0 unspecified atom stereocenters. The molecule has 0 radical (unpaired) electrons. The molecule has 0 heterocycles. The van der Waals surface area contributed by atoms with E-state index >= 15 is 0 Å². The molecule has 0 saturated heterocycles. The molecule has 0 aromatic heterocycles. The fraction of sp³-hybridized carbons (Fsp3) is 0.263. The fourth-order valence-electron chi connectivity index (χ4n) is 2.31. The lowest BCUT2D eigenvalue weighted by Gasteiger charge is -2.10. The summed E-state index contributed by atoms with van der Waals surface area (Å²) in [6.45, 7) is 6.32. The zero-order valence-electron chi connectivity index (χ0n) is 14.2. The summed E-state index contributed by atoms with van der Waals surface area (Å²) in [4.78, 5) is 23.0. The molecule has 0 bridgehead atoms. The van der Waals surface area contributed by atoms with E-state index in [0.29, 0.717) is 24.4 Å². The van der Waals surface area contributed by atoms with Crippen molar-refractivity contribution >= 4 is 17.5 Å². The second-order valence-corrected chi connectivity index (χ2v) is 5.69. The lowest BCUT2D eigenvalue weighted by atomic mass is 10.1. The second-order valence-electron chi connectivity index (χ2n) is 5.69. The van der Waals surface area contributed by atoms with Crippen molar-refractivity contribution in [3.8, 4) is 5.75 Å². The molecule has 5 nitrogen and oxygen atoms in total. The lowest BCUT2D eigenvalue weighted by molar-refractivity contribution is 0.101. The summed E-state index contributed by atoms with van der Waals surface area (Å²) < 4.78 is 5.63. The largest absolute Gasteiger partial charge is 0.492 e. The van der Waals surface area contributed by atoms with Crippen LogP contribution >= 0.6 is 0 Å². The molecular formula is C19H22N2O3. The number of ether oxygens (including phenoxy) is 1. The standard InChI is InChI=1S/C19H22N2O3/c1-13-10-14(2)12-18(11-13)24-9-8-20-19(23)21-17-6-4-16(5-7-17)15(3)22/h4-7,10-12H,8-9H2,1-3H3,(H2,20,21,23). The van der Waals surface area contributed by atoms with Crippen LogP contribution in [0.25, 0.3) is 0 Å². The number of rotatable bonds is 6. The molecule has 0 saturated carbocycles. The van der Waals surface area contributed by atoms with Gasteiger partial charge in [0.2, 0.25) is 0 Å². The Morgan fingerprint density at radius 3 is 2.21 bits per heavy atom. The van der Waals surface area contributed by atoms with Crippen LogP contribution in [0, 0.1) is 13.8 Å². The third-order valence-corrected chi connectivity index (χ3v) is 3.40. The van der Waals surface area contributed by atoms with Crippen LogP contribution in [-0.2, 0) is 0 Å². The Balaban J connectivity index is 1.74. The van der Waals surface area contributed by atoms with Crippen LogP contribution in [0.5, 0.6) is 5.75 Å². The average molecular weight is 326 g/mol. The normalized spacial score (nSPS) is 10.1. The molecule has 2 amide bonds. The fourth-order valence-corrected chi connectivity index (χ4v) is 2.31. The van der Waals surface area contributed by atoms with Gasteiger partial charge in [-0.25, -0.2) is 4.79 Å². The van der Waals surface area contributed by atoms with E-state index in [1.165, 1.54) is 6.92 Å². The Hall–Kier alpha value is -2.82. The van der Waals surface area contributed by atoms with Gasteiger partial charge in [0.1, 0.15) is 12.4 Å². The van der Waals surface area contributed by atoms with Crippen LogP contribution in [0.2, 0.25) is 0 Å². The minimum Gasteiger partial charge on any atom is -0.492 e. The van der Waals surface area contributed by atoms with Crippen LogP contribution in [-0.4, -0.2) is 25.0 Å². The number of aryl methyl sites for hydroxylation is 2. The van der Waals surface area contributed by atoms with Crippen molar-refractivity contribution < 1.29 is 14.3 Å². The number of amides is 2. The predicted octanol–water partition coefficient (Wildman–Crippen LogP) is 3.71. The first kappa shape index (κ1) is 17.5. The summed E-state index contributed by atoms with van der Waals surface area (Å²) >= 11 is 0. The van der Waals surface area contributed by atoms with Gasteiger partial charge in [-0.3, -0.25) is 4.79 Å². The maximum atomic E-state index is 11.8. The minimum atomic E-state index is -0.311. The second kappa shape index (κ2) is 8.15. The summed E-state index contributed by atoms with van der Waals surface area (Å²) in [5, 5.41) is 5.43. The monoisotopic (exact) mass is 326 g/mol. The molecular weight excluding hydrogens is 304 g/mol. The number of Topliss-reactive ketones (excluding diaryl/α,β-unsaturated/α-hetero) is 1. The van der Waals surface area contributed by atoms with Gasteiger partial charge in [-0.1, -0.05) is 6.07 Å². The van der Waals surface area contributed by atoms with E-state index < -0.39 is 0 Å². The number of benzene rings is 2.